The number of rotatable bonds is 36. The van der Waals surface area contributed by atoms with Crippen molar-refractivity contribution in [3.05, 3.63) is 119 Å². The van der Waals surface area contributed by atoms with E-state index in [1.165, 1.54) is 262 Å². The van der Waals surface area contributed by atoms with Gasteiger partial charge in [-0.2, -0.15) is 0 Å². The van der Waals surface area contributed by atoms with Crippen molar-refractivity contribution in [3.8, 4) is 33.0 Å². The van der Waals surface area contributed by atoms with Crippen LogP contribution >= 0.6 is 22.7 Å². The molecule has 4 aromatic heterocycles. The van der Waals surface area contributed by atoms with Crippen molar-refractivity contribution >= 4 is 75.7 Å². The number of nitrogens with zero attached hydrogens (tertiary/aromatic N) is 3. The number of aromatic nitrogens is 3. The van der Waals surface area contributed by atoms with Crippen LogP contribution in [0.1, 0.15) is 235 Å². The molecule has 0 saturated heterocycles. The summed E-state index contributed by atoms with van der Waals surface area (Å²) in [6.45, 7) is 12.5. The molecule has 0 aliphatic rings. The minimum absolute atomic E-state index is 0.952. The van der Waals surface area contributed by atoms with E-state index in [1.807, 2.05) is 22.7 Å². The number of hydrogen-bond acceptors (Lipinski definition) is 4. The molecular weight excluding hydrogens is 995 g/mol. The molecule has 0 bridgehead atoms. The van der Waals surface area contributed by atoms with Crippen LogP contribution < -0.4 is 0 Å². The first kappa shape index (κ1) is 58.8. The molecule has 9 aromatic rings. The van der Waals surface area contributed by atoms with Crippen LogP contribution in [0.5, 0.6) is 0 Å². The lowest BCUT2D eigenvalue weighted by molar-refractivity contribution is 0.521. The van der Waals surface area contributed by atoms with Crippen molar-refractivity contribution in [3.63, 3.8) is 0 Å². The van der Waals surface area contributed by atoms with Gasteiger partial charge in [-0.25, -0.2) is 9.97 Å². The molecule has 79 heavy (non-hydrogen) atoms. The van der Waals surface area contributed by atoms with Crippen LogP contribution in [-0.4, -0.2) is 14.5 Å². The molecule has 3 nitrogen and oxygen atoms in total. The van der Waals surface area contributed by atoms with Crippen LogP contribution in [0.2, 0.25) is 0 Å². The molecule has 0 aliphatic carbocycles. The Hall–Kier alpha value is -4.84. The van der Waals surface area contributed by atoms with Gasteiger partial charge in [0.2, 0.25) is 0 Å². The summed E-state index contributed by atoms with van der Waals surface area (Å²) in [5.74, 6) is 0. The molecule has 0 fully saturated rings. The van der Waals surface area contributed by atoms with Crippen LogP contribution in [0.15, 0.2) is 97.1 Å². The smallest absolute Gasteiger partial charge is 0.0984 e. The van der Waals surface area contributed by atoms with Gasteiger partial charge in [-0.05, 0) is 97.7 Å². The summed E-state index contributed by atoms with van der Waals surface area (Å²) in [7, 11) is 0. The highest BCUT2D eigenvalue weighted by atomic mass is 32.1. The molecule has 0 N–H and O–H groups in total. The molecule has 0 unspecified atom stereocenters. The Morgan fingerprint density at radius 1 is 0.380 bits per heavy atom. The average molecular weight is 1090 g/mol. The Kier molecular flexibility index (Phi) is 22.9. The van der Waals surface area contributed by atoms with Crippen molar-refractivity contribution in [1.82, 2.24) is 14.5 Å². The van der Waals surface area contributed by atoms with Gasteiger partial charge in [-0.15, -0.1) is 22.7 Å². The lowest BCUT2D eigenvalue weighted by atomic mass is 9.91. The van der Waals surface area contributed by atoms with Crippen LogP contribution in [0, 0.1) is 13.8 Å². The number of para-hydroxylation sites is 1. The van der Waals surface area contributed by atoms with Crippen LogP contribution in [-0.2, 0) is 19.4 Å². The molecule has 9 rings (SSSR count). The van der Waals surface area contributed by atoms with E-state index in [9.17, 15) is 0 Å². The molecule has 0 radical (unpaired) electrons. The highest BCUT2D eigenvalue weighted by molar-refractivity contribution is 7.29. The van der Waals surface area contributed by atoms with Gasteiger partial charge in [-0.1, -0.05) is 267 Å². The standard InChI is InChI=1S/C74H97N3S2/c1-6-9-12-15-18-19-20-21-22-23-24-25-26-27-28-29-32-40-51-77-66-46-39-38-45-61(66)62-50-48-58(53-67(62)77)71-70(57-41-34-33-35-42-57)76-72-63(49-47-55(4)69(72)75-71)68-54-65-60(44-37-31-17-14-11-8-3)59(43-36-30-16-13-10-7-2)64-52-56(5)78-73(64)74(65)79-68/h33-35,38-39,41-42,45-50,52-54H,6-32,36-37,40,43-44,51H2,1-5H3. The van der Waals surface area contributed by atoms with E-state index in [0.29, 0.717) is 0 Å². The van der Waals surface area contributed by atoms with Crippen LogP contribution in [0.4, 0.5) is 0 Å². The number of fused-ring (bicyclic) bond motifs is 7. The number of thiophene rings is 2. The second kappa shape index (κ2) is 30.8. The molecule has 5 aromatic carbocycles. The fraction of sp³-hybridized carbons (Fsp3) is 0.514. The Bertz CT molecular complexity index is 3300. The minimum atomic E-state index is 0.952. The predicted octanol–water partition coefficient (Wildman–Crippen LogP) is 24.6. The fourth-order valence-corrected chi connectivity index (χ4v) is 15.4. The number of benzene rings is 5. The maximum atomic E-state index is 5.81. The van der Waals surface area contributed by atoms with Gasteiger partial charge in [0.25, 0.3) is 0 Å². The molecule has 420 valence electrons. The van der Waals surface area contributed by atoms with Gasteiger partial charge in [0, 0.05) is 54.8 Å². The van der Waals surface area contributed by atoms with Gasteiger partial charge in [0.15, 0.2) is 0 Å². The maximum Gasteiger partial charge on any atom is 0.0984 e. The Labute approximate surface area is 485 Å². The van der Waals surface area contributed by atoms with E-state index in [2.05, 4.69) is 136 Å². The Morgan fingerprint density at radius 2 is 0.861 bits per heavy atom. The van der Waals surface area contributed by atoms with Gasteiger partial charge in [0.1, 0.15) is 0 Å². The zero-order valence-corrected chi connectivity index (χ0v) is 51.4. The molecule has 0 spiro atoms. The lowest BCUT2D eigenvalue weighted by Crippen LogP contribution is -2.00. The first-order chi connectivity index (χ1) is 39.0. The summed E-state index contributed by atoms with van der Waals surface area (Å²) in [4.78, 5) is 14.3. The van der Waals surface area contributed by atoms with E-state index in [1.54, 1.807) is 11.1 Å². The summed E-state index contributed by atoms with van der Waals surface area (Å²) in [6, 6.07) is 36.7. The summed E-state index contributed by atoms with van der Waals surface area (Å²) in [6.07, 6.45) is 43.3. The van der Waals surface area contributed by atoms with E-state index in [0.717, 1.165) is 46.5 Å². The van der Waals surface area contributed by atoms with Gasteiger partial charge >= 0.3 is 0 Å². The van der Waals surface area contributed by atoms with E-state index in [-0.39, 0.29) is 0 Å². The Morgan fingerprint density at radius 3 is 1.46 bits per heavy atom. The van der Waals surface area contributed by atoms with Crippen molar-refractivity contribution in [2.24, 2.45) is 0 Å². The van der Waals surface area contributed by atoms with Crippen molar-refractivity contribution in [2.75, 3.05) is 0 Å². The third-order valence-corrected chi connectivity index (χ3v) is 19.9. The van der Waals surface area contributed by atoms with Crippen molar-refractivity contribution in [2.45, 2.75) is 247 Å². The zero-order chi connectivity index (χ0) is 54.6. The van der Waals surface area contributed by atoms with Crippen LogP contribution in [0.25, 0.3) is 86.0 Å². The maximum absolute atomic E-state index is 5.81. The molecule has 4 heterocycles. The molecule has 0 aliphatic heterocycles. The SMILES string of the molecule is CCCCCCCCCCCCCCCCCCCCn1c2ccccc2c2ccc(-c3nc4c(C)ccc(-c5cc6c(CCCCCCCC)c(CCCCCCCC)c7cc(C)sc7c6s5)c4nc3-c3ccccc3)cc21. The number of hydrogen-bond donors (Lipinski definition) is 0. The quantitative estimate of drug-likeness (QED) is 0.0367. The zero-order valence-electron chi connectivity index (χ0n) is 49.7. The van der Waals surface area contributed by atoms with Gasteiger partial charge in [0.05, 0.1) is 31.8 Å². The van der Waals surface area contributed by atoms with Crippen LogP contribution in [0.3, 0.4) is 0 Å². The third-order valence-electron chi connectivity index (χ3n) is 17.5. The van der Waals surface area contributed by atoms with E-state index in [4.69, 9.17) is 9.97 Å². The lowest BCUT2D eigenvalue weighted by Gasteiger charge is -2.15. The molecular formula is C74H97N3S2. The second-order valence-electron chi connectivity index (χ2n) is 23.8. The minimum Gasteiger partial charge on any atom is -0.340 e. The topological polar surface area (TPSA) is 30.7 Å². The number of unbranched alkanes of at least 4 members (excludes halogenated alkanes) is 27. The predicted molar refractivity (Wildman–Crippen MR) is 352 cm³/mol. The van der Waals surface area contributed by atoms with E-state index >= 15 is 0 Å². The average Bonchev–Trinajstić information content (AvgIpc) is 4.42. The summed E-state index contributed by atoms with van der Waals surface area (Å²) in [5.41, 5.74) is 14.4. The van der Waals surface area contributed by atoms with Gasteiger partial charge < -0.3 is 4.57 Å². The first-order valence-corrected chi connectivity index (χ1v) is 34.0. The van der Waals surface area contributed by atoms with Crippen molar-refractivity contribution < 1.29 is 0 Å². The number of aryl methyl sites for hydroxylation is 5. The third kappa shape index (κ3) is 15.2. The summed E-state index contributed by atoms with van der Waals surface area (Å²) < 4.78 is 5.55. The highest BCUT2D eigenvalue weighted by Crippen LogP contribution is 2.47. The molecule has 0 atom stereocenters. The summed E-state index contributed by atoms with van der Waals surface area (Å²) >= 11 is 3.99. The molecule has 0 amide bonds. The highest BCUT2D eigenvalue weighted by Gasteiger charge is 2.23. The monoisotopic (exact) mass is 1090 g/mol. The van der Waals surface area contributed by atoms with Gasteiger partial charge in [-0.3, -0.25) is 0 Å². The molecule has 0 saturated carbocycles. The normalized spacial score (nSPS) is 12.0. The second-order valence-corrected chi connectivity index (χ2v) is 26.1. The largest absolute Gasteiger partial charge is 0.340 e. The molecule has 5 heteroatoms. The Balaban J connectivity index is 0.972. The fourth-order valence-electron chi connectivity index (χ4n) is 13.0. The summed E-state index contributed by atoms with van der Waals surface area (Å²) in [5, 5.41) is 5.66. The van der Waals surface area contributed by atoms with Crippen molar-refractivity contribution in [1.29, 1.82) is 0 Å². The first-order valence-electron chi connectivity index (χ1n) is 32.3. The van der Waals surface area contributed by atoms with E-state index < -0.39 is 0 Å².